The van der Waals surface area contributed by atoms with Crippen molar-refractivity contribution in [3.63, 3.8) is 0 Å². The molecule has 6 nitrogen and oxygen atoms in total. The van der Waals surface area contributed by atoms with Gasteiger partial charge >= 0.3 is 6.03 Å². The van der Waals surface area contributed by atoms with Crippen LogP contribution in [0.15, 0.2) is 60.7 Å². The minimum absolute atomic E-state index is 0.0528. The zero-order valence-corrected chi connectivity index (χ0v) is 17.8. The molecule has 1 aliphatic rings. The zero-order chi connectivity index (χ0) is 21.7. The molecule has 4 amide bonds. The molecule has 1 atom stereocenters. The van der Waals surface area contributed by atoms with E-state index in [1.165, 1.54) is 0 Å². The maximum Gasteiger partial charge on any atom is 0.325 e. The Labute approximate surface area is 177 Å². The molecule has 1 heterocycles. The van der Waals surface area contributed by atoms with Gasteiger partial charge in [0.1, 0.15) is 12.1 Å². The summed E-state index contributed by atoms with van der Waals surface area (Å²) in [7, 11) is 0. The summed E-state index contributed by atoms with van der Waals surface area (Å²) in [6.45, 7) is 5.76. The van der Waals surface area contributed by atoms with Crippen LogP contribution < -0.4 is 5.32 Å². The first kappa shape index (κ1) is 21.6. The Morgan fingerprint density at radius 1 is 1.00 bits per heavy atom. The van der Waals surface area contributed by atoms with Crippen molar-refractivity contribution in [2.75, 3.05) is 6.54 Å². The maximum absolute atomic E-state index is 13.0. The second-order valence-electron chi connectivity index (χ2n) is 8.24. The fraction of sp³-hybridized carbons (Fsp3) is 0.375. The second kappa shape index (κ2) is 9.11. The lowest BCUT2D eigenvalue weighted by atomic mass is 9.93. The van der Waals surface area contributed by atoms with Gasteiger partial charge in [0.05, 0.1) is 0 Å². The van der Waals surface area contributed by atoms with Crippen molar-refractivity contribution in [3.8, 4) is 0 Å². The van der Waals surface area contributed by atoms with E-state index in [0.717, 1.165) is 16.0 Å². The number of aryl methyl sites for hydroxylation is 1. The molecular formula is C24H29N3O3. The van der Waals surface area contributed by atoms with Crippen LogP contribution in [0.2, 0.25) is 0 Å². The van der Waals surface area contributed by atoms with Crippen LogP contribution in [-0.4, -0.2) is 45.8 Å². The number of nitrogens with one attached hydrogen (secondary N) is 1. The molecule has 2 aromatic carbocycles. The Kier molecular flexibility index (Phi) is 6.55. The molecule has 0 aromatic heterocycles. The van der Waals surface area contributed by atoms with E-state index in [-0.39, 0.29) is 24.4 Å². The molecule has 2 aromatic rings. The summed E-state index contributed by atoms with van der Waals surface area (Å²) in [5, 5.41) is 2.79. The van der Waals surface area contributed by atoms with Crippen LogP contribution in [0, 0.1) is 0 Å². The van der Waals surface area contributed by atoms with Crippen LogP contribution in [0.4, 0.5) is 4.79 Å². The molecule has 0 unspecified atom stereocenters. The monoisotopic (exact) mass is 407 g/mol. The van der Waals surface area contributed by atoms with Crippen molar-refractivity contribution in [1.29, 1.82) is 0 Å². The number of amides is 4. The molecule has 0 spiro atoms. The number of carbonyl (C=O) groups excluding carboxylic acids is 3. The molecular weight excluding hydrogens is 378 g/mol. The number of hydrogen-bond acceptors (Lipinski definition) is 3. The number of rotatable bonds is 8. The first-order valence-electron chi connectivity index (χ1n) is 10.3. The number of urea groups is 1. The Hall–Kier alpha value is -3.15. The largest absolute Gasteiger partial charge is 0.334 e. The van der Waals surface area contributed by atoms with E-state index in [1.54, 1.807) is 11.8 Å². The van der Waals surface area contributed by atoms with Gasteiger partial charge in [0.25, 0.3) is 5.91 Å². The number of nitrogens with zero attached hydrogens (tertiary/aromatic N) is 2. The van der Waals surface area contributed by atoms with E-state index < -0.39 is 11.6 Å². The zero-order valence-electron chi connectivity index (χ0n) is 17.8. The smallest absolute Gasteiger partial charge is 0.325 e. The highest BCUT2D eigenvalue weighted by molar-refractivity contribution is 6.08. The average molecular weight is 408 g/mol. The van der Waals surface area contributed by atoms with E-state index in [1.807, 2.05) is 74.5 Å². The third kappa shape index (κ3) is 4.87. The number of benzene rings is 2. The van der Waals surface area contributed by atoms with Gasteiger partial charge in [-0.2, -0.15) is 0 Å². The third-order valence-corrected chi connectivity index (χ3v) is 5.53. The second-order valence-corrected chi connectivity index (χ2v) is 8.24. The van der Waals surface area contributed by atoms with Crippen LogP contribution >= 0.6 is 0 Å². The molecule has 1 N–H and O–H groups in total. The molecule has 1 aliphatic heterocycles. The van der Waals surface area contributed by atoms with Gasteiger partial charge in [0.2, 0.25) is 5.91 Å². The normalized spacial score (nSPS) is 18.6. The summed E-state index contributed by atoms with van der Waals surface area (Å²) in [5.74, 6) is -0.593. The Balaban J connectivity index is 1.66. The highest BCUT2D eigenvalue weighted by Crippen LogP contribution is 2.23. The predicted molar refractivity (Wildman–Crippen MR) is 116 cm³/mol. The van der Waals surface area contributed by atoms with Crippen molar-refractivity contribution in [2.24, 2.45) is 0 Å². The quantitative estimate of drug-likeness (QED) is 0.682. The minimum atomic E-state index is -1.00. The van der Waals surface area contributed by atoms with Crippen molar-refractivity contribution in [2.45, 2.75) is 51.7 Å². The van der Waals surface area contributed by atoms with E-state index >= 15 is 0 Å². The summed E-state index contributed by atoms with van der Waals surface area (Å²) in [6.07, 6.45) is 1.14. The van der Waals surface area contributed by atoms with Crippen LogP contribution in [0.25, 0.3) is 0 Å². The Morgan fingerprint density at radius 3 is 2.13 bits per heavy atom. The first-order valence-corrected chi connectivity index (χ1v) is 10.3. The molecule has 3 rings (SSSR count). The molecule has 0 saturated carbocycles. The van der Waals surface area contributed by atoms with Gasteiger partial charge in [-0.1, -0.05) is 60.7 Å². The molecule has 158 valence electrons. The predicted octanol–water partition coefficient (Wildman–Crippen LogP) is 3.37. The van der Waals surface area contributed by atoms with E-state index in [2.05, 4.69) is 5.32 Å². The lowest BCUT2D eigenvalue weighted by molar-refractivity contribution is -0.140. The fourth-order valence-corrected chi connectivity index (χ4v) is 3.66. The summed E-state index contributed by atoms with van der Waals surface area (Å²) in [5.41, 5.74) is 1.10. The first-order chi connectivity index (χ1) is 14.3. The molecule has 6 heteroatoms. The maximum atomic E-state index is 13.0. The van der Waals surface area contributed by atoms with Gasteiger partial charge in [0, 0.05) is 12.6 Å². The van der Waals surface area contributed by atoms with Crippen molar-refractivity contribution >= 4 is 17.8 Å². The van der Waals surface area contributed by atoms with Gasteiger partial charge < -0.3 is 10.2 Å². The fourth-order valence-electron chi connectivity index (χ4n) is 3.66. The lowest BCUT2D eigenvalue weighted by Gasteiger charge is -2.28. The van der Waals surface area contributed by atoms with Crippen LogP contribution in [0.5, 0.6) is 0 Å². The van der Waals surface area contributed by atoms with Gasteiger partial charge in [-0.05, 0) is 44.7 Å². The van der Waals surface area contributed by atoms with E-state index in [4.69, 9.17) is 0 Å². The highest BCUT2D eigenvalue weighted by Gasteiger charge is 2.48. The van der Waals surface area contributed by atoms with Gasteiger partial charge in [-0.25, -0.2) is 4.79 Å². The van der Waals surface area contributed by atoms with E-state index in [0.29, 0.717) is 19.4 Å². The summed E-state index contributed by atoms with van der Waals surface area (Å²) >= 11 is 0. The molecule has 0 radical (unpaired) electrons. The Bertz CT molecular complexity index is 898. The third-order valence-electron chi connectivity index (χ3n) is 5.53. The van der Waals surface area contributed by atoms with Gasteiger partial charge in [-0.15, -0.1) is 0 Å². The van der Waals surface area contributed by atoms with Crippen molar-refractivity contribution in [1.82, 2.24) is 15.1 Å². The number of carbonyl (C=O) groups is 3. The summed E-state index contributed by atoms with van der Waals surface area (Å²) in [4.78, 5) is 41.3. The van der Waals surface area contributed by atoms with Gasteiger partial charge in [0.15, 0.2) is 0 Å². The highest BCUT2D eigenvalue weighted by atomic mass is 16.2. The van der Waals surface area contributed by atoms with E-state index in [9.17, 15) is 14.4 Å². The molecule has 0 bridgehead atoms. The standard InChI is InChI=1S/C24H29N3O3/c1-18(2)26(16-20-12-8-5-9-13-20)21(28)17-27-22(29)24(3,25-23(27)30)15-14-19-10-6-4-7-11-19/h4-13,18H,14-17H2,1-3H3,(H,25,30)/t24-/m0/s1. The molecule has 0 aliphatic carbocycles. The van der Waals surface area contributed by atoms with Crippen LogP contribution in [-0.2, 0) is 22.6 Å². The topological polar surface area (TPSA) is 69.7 Å². The van der Waals surface area contributed by atoms with Crippen molar-refractivity contribution < 1.29 is 14.4 Å². The lowest BCUT2D eigenvalue weighted by Crippen LogP contribution is -2.47. The average Bonchev–Trinajstić information content (AvgIpc) is 2.95. The summed E-state index contributed by atoms with van der Waals surface area (Å²) in [6, 6.07) is 19.0. The van der Waals surface area contributed by atoms with Crippen molar-refractivity contribution in [3.05, 3.63) is 71.8 Å². The number of imide groups is 1. The summed E-state index contributed by atoms with van der Waals surface area (Å²) < 4.78 is 0. The SMILES string of the molecule is CC(C)N(Cc1ccccc1)C(=O)CN1C(=O)N[C@@](C)(CCc2ccccc2)C1=O. The molecule has 1 saturated heterocycles. The Morgan fingerprint density at radius 2 is 1.57 bits per heavy atom. The van der Waals surface area contributed by atoms with Crippen LogP contribution in [0.3, 0.4) is 0 Å². The van der Waals surface area contributed by atoms with Crippen LogP contribution in [0.1, 0.15) is 38.3 Å². The molecule has 1 fully saturated rings. The minimum Gasteiger partial charge on any atom is -0.334 e. The van der Waals surface area contributed by atoms with Gasteiger partial charge in [-0.3, -0.25) is 14.5 Å². The number of hydrogen-bond donors (Lipinski definition) is 1. The molecule has 30 heavy (non-hydrogen) atoms.